The van der Waals surface area contributed by atoms with E-state index in [1.807, 2.05) is 60.7 Å². The maximum absolute atomic E-state index is 12.5. The maximum atomic E-state index is 12.5. The van der Waals surface area contributed by atoms with Gasteiger partial charge in [0.2, 0.25) is 0 Å². The van der Waals surface area contributed by atoms with E-state index in [0.717, 1.165) is 33.3 Å². The van der Waals surface area contributed by atoms with E-state index in [4.69, 9.17) is 4.74 Å². The number of rotatable bonds is 6. The molecule has 1 heterocycles. The Bertz CT molecular complexity index is 1230. The van der Waals surface area contributed by atoms with Gasteiger partial charge >= 0.3 is 12.1 Å². The predicted octanol–water partition coefficient (Wildman–Crippen LogP) is 4.10. The van der Waals surface area contributed by atoms with Gasteiger partial charge in [-0.3, -0.25) is 0 Å². The van der Waals surface area contributed by atoms with Gasteiger partial charge in [0.25, 0.3) is 0 Å². The van der Waals surface area contributed by atoms with E-state index >= 15 is 0 Å². The third kappa shape index (κ3) is 3.69. The summed E-state index contributed by atoms with van der Waals surface area (Å²) in [5.41, 5.74) is 6.01. The van der Waals surface area contributed by atoms with Crippen molar-refractivity contribution >= 4 is 23.1 Å². The molecule has 0 bridgehead atoms. The van der Waals surface area contributed by atoms with Crippen LogP contribution in [0.2, 0.25) is 0 Å². The van der Waals surface area contributed by atoms with Gasteiger partial charge in [-0.15, -0.1) is 0 Å². The van der Waals surface area contributed by atoms with Gasteiger partial charge < -0.3 is 20.1 Å². The number of nitrogens with zero attached hydrogens (tertiary/aromatic N) is 1. The minimum Gasteiger partial charge on any atom is -0.480 e. The normalized spacial score (nSPS) is 13.4. The smallest absolute Gasteiger partial charge is 0.407 e. The number of carbonyl (C=O) groups is 2. The number of aliphatic carboxylic acids is 1. The standard InChI is InChI=1S/C25H21N3O4/c29-24(30)22(13-23-26-20-11-5-6-12-21(20)27-23)28-25(31)32-14-19-17-9-3-1-7-15(17)16-8-2-4-10-18(16)19/h1-12,19,22H,13-14H2,(H,26,27)(H,28,31)(H,29,30)/t22-/m0/s1. The number of aromatic nitrogens is 2. The van der Waals surface area contributed by atoms with Crippen LogP contribution < -0.4 is 5.32 Å². The van der Waals surface area contributed by atoms with Gasteiger partial charge in [-0.2, -0.15) is 0 Å². The fraction of sp³-hybridized carbons (Fsp3) is 0.160. The molecular formula is C25H21N3O4. The Balaban J connectivity index is 1.27. The molecule has 0 unspecified atom stereocenters. The molecule has 0 saturated carbocycles. The second-order valence-corrected chi connectivity index (χ2v) is 7.77. The summed E-state index contributed by atoms with van der Waals surface area (Å²) < 4.78 is 5.47. The third-order valence-electron chi connectivity index (χ3n) is 5.77. The number of benzene rings is 3. The number of para-hydroxylation sites is 2. The Kier molecular flexibility index (Phi) is 5.07. The van der Waals surface area contributed by atoms with Crippen LogP contribution in [-0.4, -0.2) is 39.8 Å². The highest BCUT2D eigenvalue weighted by Gasteiger charge is 2.30. The highest BCUT2D eigenvalue weighted by Crippen LogP contribution is 2.44. The molecule has 5 rings (SSSR count). The molecule has 0 saturated heterocycles. The number of hydrogen-bond donors (Lipinski definition) is 3. The maximum Gasteiger partial charge on any atom is 0.407 e. The van der Waals surface area contributed by atoms with E-state index in [9.17, 15) is 14.7 Å². The van der Waals surface area contributed by atoms with Crippen LogP contribution in [0.4, 0.5) is 4.79 Å². The van der Waals surface area contributed by atoms with Crippen LogP contribution in [0.15, 0.2) is 72.8 Å². The number of alkyl carbamates (subject to hydrolysis) is 1. The van der Waals surface area contributed by atoms with Crippen molar-refractivity contribution < 1.29 is 19.4 Å². The van der Waals surface area contributed by atoms with E-state index in [2.05, 4.69) is 27.4 Å². The lowest BCUT2D eigenvalue weighted by atomic mass is 9.98. The van der Waals surface area contributed by atoms with Crippen LogP contribution in [0.3, 0.4) is 0 Å². The number of carboxylic acid groups (broad SMARTS) is 1. The Morgan fingerprint density at radius 3 is 2.25 bits per heavy atom. The highest BCUT2D eigenvalue weighted by molar-refractivity contribution is 5.81. The average molecular weight is 427 g/mol. The summed E-state index contributed by atoms with van der Waals surface area (Å²) in [5.74, 6) is -0.761. The molecule has 160 valence electrons. The lowest BCUT2D eigenvalue weighted by Gasteiger charge is -2.17. The fourth-order valence-corrected chi connectivity index (χ4v) is 4.28. The first-order chi connectivity index (χ1) is 15.6. The van der Waals surface area contributed by atoms with Crippen molar-refractivity contribution in [2.45, 2.75) is 18.4 Å². The molecule has 7 heteroatoms. The SMILES string of the molecule is O=C(N[C@@H](Cc1nc2ccccc2[nH]1)C(=O)O)OCC1c2ccccc2-c2ccccc21. The molecule has 7 nitrogen and oxygen atoms in total. The van der Waals surface area contributed by atoms with Crippen LogP contribution in [0, 0.1) is 0 Å². The molecule has 1 aliphatic carbocycles. The summed E-state index contributed by atoms with van der Waals surface area (Å²) in [6, 6.07) is 22.3. The van der Waals surface area contributed by atoms with Gasteiger partial charge in [0.15, 0.2) is 0 Å². The van der Waals surface area contributed by atoms with Crippen LogP contribution in [-0.2, 0) is 16.0 Å². The Morgan fingerprint density at radius 1 is 0.969 bits per heavy atom. The van der Waals surface area contributed by atoms with Crippen molar-refractivity contribution in [2.24, 2.45) is 0 Å². The number of aromatic amines is 1. The molecule has 0 spiro atoms. The molecule has 0 aliphatic heterocycles. The number of nitrogens with one attached hydrogen (secondary N) is 2. The van der Waals surface area contributed by atoms with Crippen LogP contribution >= 0.6 is 0 Å². The molecule has 4 aromatic rings. The van der Waals surface area contributed by atoms with Crippen molar-refractivity contribution in [3.63, 3.8) is 0 Å². The molecule has 32 heavy (non-hydrogen) atoms. The molecule has 3 aromatic carbocycles. The predicted molar refractivity (Wildman–Crippen MR) is 119 cm³/mol. The van der Waals surface area contributed by atoms with Crippen molar-refractivity contribution in [3.8, 4) is 11.1 Å². The van der Waals surface area contributed by atoms with E-state index in [-0.39, 0.29) is 18.9 Å². The second kappa shape index (κ2) is 8.19. The van der Waals surface area contributed by atoms with Gasteiger partial charge in [0.05, 0.1) is 11.0 Å². The monoisotopic (exact) mass is 427 g/mol. The lowest BCUT2D eigenvalue weighted by molar-refractivity contribution is -0.139. The zero-order chi connectivity index (χ0) is 22.1. The first-order valence-electron chi connectivity index (χ1n) is 10.4. The average Bonchev–Trinajstić information content (AvgIpc) is 3.35. The topological polar surface area (TPSA) is 104 Å². The molecule has 1 aromatic heterocycles. The molecule has 0 fully saturated rings. The number of H-pyrrole nitrogens is 1. The van der Waals surface area contributed by atoms with Crippen molar-refractivity contribution in [1.29, 1.82) is 0 Å². The Labute approximate surface area is 184 Å². The molecule has 1 aliphatic rings. The number of amides is 1. The number of imidazole rings is 1. The summed E-state index contributed by atoms with van der Waals surface area (Å²) >= 11 is 0. The van der Waals surface area contributed by atoms with E-state index < -0.39 is 18.1 Å². The quantitative estimate of drug-likeness (QED) is 0.430. The zero-order valence-electron chi connectivity index (χ0n) is 17.1. The van der Waals surface area contributed by atoms with E-state index in [1.165, 1.54) is 0 Å². The first-order valence-corrected chi connectivity index (χ1v) is 10.4. The van der Waals surface area contributed by atoms with E-state index in [0.29, 0.717) is 5.82 Å². The van der Waals surface area contributed by atoms with Gasteiger partial charge in [0.1, 0.15) is 18.5 Å². The number of carboxylic acids is 1. The minimum atomic E-state index is -1.16. The summed E-state index contributed by atoms with van der Waals surface area (Å²) in [4.78, 5) is 31.7. The molecule has 1 amide bonds. The van der Waals surface area contributed by atoms with Gasteiger partial charge in [0, 0.05) is 12.3 Å². The van der Waals surface area contributed by atoms with E-state index in [1.54, 1.807) is 0 Å². The number of ether oxygens (including phenoxy) is 1. The van der Waals surface area contributed by atoms with Crippen molar-refractivity contribution in [3.05, 3.63) is 89.7 Å². The van der Waals surface area contributed by atoms with Crippen molar-refractivity contribution in [1.82, 2.24) is 15.3 Å². The van der Waals surface area contributed by atoms with Gasteiger partial charge in [-0.1, -0.05) is 60.7 Å². The third-order valence-corrected chi connectivity index (χ3v) is 5.77. The summed E-state index contributed by atoms with van der Waals surface area (Å²) in [6.07, 6.45) is -0.746. The van der Waals surface area contributed by atoms with Crippen molar-refractivity contribution in [2.75, 3.05) is 6.61 Å². The minimum absolute atomic E-state index is 0.0220. The Morgan fingerprint density at radius 2 is 1.59 bits per heavy atom. The molecule has 1 atom stereocenters. The Hall–Kier alpha value is -4.13. The summed E-state index contributed by atoms with van der Waals surface area (Å²) in [6.45, 7) is 0.122. The zero-order valence-corrected chi connectivity index (χ0v) is 17.1. The lowest BCUT2D eigenvalue weighted by Crippen LogP contribution is -2.43. The number of fused-ring (bicyclic) bond motifs is 4. The van der Waals surface area contributed by atoms with Crippen LogP contribution in [0.25, 0.3) is 22.2 Å². The second-order valence-electron chi connectivity index (χ2n) is 7.77. The number of carbonyl (C=O) groups excluding carboxylic acids is 1. The largest absolute Gasteiger partial charge is 0.480 e. The van der Waals surface area contributed by atoms with Gasteiger partial charge in [-0.05, 0) is 34.4 Å². The number of hydrogen-bond acceptors (Lipinski definition) is 4. The first kappa shape index (κ1) is 19.8. The fourth-order valence-electron chi connectivity index (χ4n) is 4.28. The summed E-state index contributed by atoms with van der Waals surface area (Å²) in [7, 11) is 0. The van der Waals surface area contributed by atoms with Gasteiger partial charge in [-0.25, -0.2) is 14.6 Å². The van der Waals surface area contributed by atoms with Crippen LogP contribution in [0.5, 0.6) is 0 Å². The molecule has 3 N–H and O–H groups in total. The molecular weight excluding hydrogens is 406 g/mol. The molecule has 0 radical (unpaired) electrons. The highest BCUT2D eigenvalue weighted by atomic mass is 16.5. The summed E-state index contributed by atoms with van der Waals surface area (Å²) in [5, 5.41) is 12.0. The van der Waals surface area contributed by atoms with Crippen LogP contribution in [0.1, 0.15) is 22.9 Å².